The van der Waals surface area contributed by atoms with Crippen molar-refractivity contribution < 1.29 is 4.79 Å². The van der Waals surface area contributed by atoms with Crippen molar-refractivity contribution in [2.75, 3.05) is 5.32 Å². The second kappa shape index (κ2) is 5.96. The predicted octanol–water partition coefficient (Wildman–Crippen LogP) is 2.86. The van der Waals surface area contributed by atoms with Gasteiger partial charge in [-0.2, -0.15) is 0 Å². The molecule has 0 saturated heterocycles. The summed E-state index contributed by atoms with van der Waals surface area (Å²) in [5, 5.41) is 2.94. The molecule has 1 aromatic carbocycles. The maximum Gasteiger partial charge on any atom is 0.225 e. The Balaban J connectivity index is 2.80. The topological polar surface area (TPSA) is 55.1 Å². The molecule has 98 valence electrons. The third kappa shape index (κ3) is 3.81. The molecule has 0 saturated carbocycles. The molecule has 0 bridgehead atoms. The van der Waals surface area contributed by atoms with Gasteiger partial charge in [-0.15, -0.1) is 0 Å². The highest BCUT2D eigenvalue weighted by Crippen LogP contribution is 2.22. The zero-order valence-corrected chi connectivity index (χ0v) is 12.1. The molecule has 0 aliphatic heterocycles. The Labute approximate surface area is 114 Å². The Bertz CT molecular complexity index is 460. The van der Waals surface area contributed by atoms with Gasteiger partial charge in [0.15, 0.2) is 0 Å². The van der Waals surface area contributed by atoms with Gasteiger partial charge < -0.3 is 11.1 Å². The Hall–Kier alpha value is -1.42. The number of benzene rings is 1. The number of nitrogens with one attached hydrogen (secondary N) is 1. The van der Waals surface area contributed by atoms with Crippen LogP contribution < -0.4 is 11.1 Å². The van der Waals surface area contributed by atoms with Crippen LogP contribution in [0.4, 0.5) is 5.69 Å². The van der Waals surface area contributed by atoms with E-state index in [1.54, 1.807) is 0 Å². The fourth-order valence-electron chi connectivity index (χ4n) is 1.95. The normalized spacial score (nSPS) is 12.0. The van der Waals surface area contributed by atoms with Gasteiger partial charge in [-0.25, -0.2) is 0 Å². The van der Waals surface area contributed by atoms with Gasteiger partial charge in [0.2, 0.25) is 5.91 Å². The number of amides is 1. The lowest BCUT2D eigenvalue weighted by atomic mass is 10.0. The summed E-state index contributed by atoms with van der Waals surface area (Å²) in [6, 6.07) is 4.11. The van der Waals surface area contributed by atoms with E-state index in [0.29, 0.717) is 11.4 Å². The third-order valence-corrected chi connectivity index (χ3v) is 3.32. The average molecular weight is 264 g/mol. The lowest BCUT2D eigenvalue weighted by Crippen LogP contribution is -2.24. The van der Waals surface area contributed by atoms with Gasteiger partial charge in [0, 0.05) is 18.0 Å². The SMILES string of the molecule is Cc1cc(C)c(NC(=O)CC(C)C(N)=S)c(C)c1. The predicted molar refractivity (Wildman–Crippen MR) is 79.8 cm³/mol. The molecule has 18 heavy (non-hydrogen) atoms. The number of aryl methyl sites for hydroxylation is 3. The number of carbonyl (C=O) groups excluding carboxylic acids is 1. The number of hydrogen-bond acceptors (Lipinski definition) is 2. The fourth-order valence-corrected chi connectivity index (χ4v) is 2.03. The van der Waals surface area contributed by atoms with E-state index in [2.05, 4.69) is 17.4 Å². The van der Waals surface area contributed by atoms with Gasteiger partial charge >= 0.3 is 0 Å². The summed E-state index contributed by atoms with van der Waals surface area (Å²) < 4.78 is 0. The number of hydrogen-bond donors (Lipinski definition) is 2. The molecule has 0 radical (unpaired) electrons. The second-order valence-corrected chi connectivity index (χ2v) is 5.30. The van der Waals surface area contributed by atoms with Crippen molar-refractivity contribution in [2.24, 2.45) is 11.7 Å². The first kappa shape index (κ1) is 14.6. The van der Waals surface area contributed by atoms with Crippen LogP contribution in [0.1, 0.15) is 30.0 Å². The smallest absolute Gasteiger partial charge is 0.225 e. The molecule has 4 heteroatoms. The molecule has 3 N–H and O–H groups in total. The first-order valence-electron chi connectivity index (χ1n) is 5.98. The highest BCUT2D eigenvalue weighted by atomic mass is 32.1. The lowest BCUT2D eigenvalue weighted by molar-refractivity contribution is -0.116. The number of thiocarbonyl (C=S) groups is 1. The summed E-state index contributed by atoms with van der Waals surface area (Å²) in [5.41, 5.74) is 9.74. The monoisotopic (exact) mass is 264 g/mol. The molecule has 1 aromatic rings. The standard InChI is InChI=1S/C14H20N2OS/c1-8-5-9(2)13(10(3)6-8)16-12(17)7-11(4)14(15)18/h5-6,11H,7H2,1-4H3,(H2,15,18)(H,16,17). The molecule has 0 fully saturated rings. The van der Waals surface area contributed by atoms with E-state index in [9.17, 15) is 4.79 Å². The van der Waals surface area contributed by atoms with Gasteiger partial charge in [0.25, 0.3) is 0 Å². The largest absolute Gasteiger partial charge is 0.393 e. The van der Waals surface area contributed by atoms with Crippen LogP contribution in [0.2, 0.25) is 0 Å². The van der Waals surface area contributed by atoms with Crippen molar-refractivity contribution in [2.45, 2.75) is 34.1 Å². The van der Waals surface area contributed by atoms with Crippen LogP contribution in [-0.4, -0.2) is 10.9 Å². The van der Waals surface area contributed by atoms with Crippen LogP contribution in [0.3, 0.4) is 0 Å². The molecular formula is C14H20N2OS. The highest BCUT2D eigenvalue weighted by Gasteiger charge is 2.13. The van der Waals surface area contributed by atoms with Crippen LogP contribution in [-0.2, 0) is 4.79 Å². The van der Waals surface area contributed by atoms with E-state index in [1.165, 1.54) is 5.56 Å². The Kier molecular flexibility index (Phi) is 4.84. The Morgan fingerprint density at radius 3 is 2.28 bits per heavy atom. The summed E-state index contributed by atoms with van der Waals surface area (Å²) >= 11 is 4.87. The molecule has 0 aliphatic carbocycles. The van der Waals surface area contributed by atoms with Crippen LogP contribution in [0.5, 0.6) is 0 Å². The van der Waals surface area contributed by atoms with E-state index >= 15 is 0 Å². The van der Waals surface area contributed by atoms with Crippen molar-refractivity contribution in [3.63, 3.8) is 0 Å². The average Bonchev–Trinajstić information content (AvgIpc) is 2.23. The minimum Gasteiger partial charge on any atom is -0.393 e. The summed E-state index contributed by atoms with van der Waals surface area (Å²) in [5.74, 6) is -0.128. The third-order valence-electron chi connectivity index (χ3n) is 2.92. The summed E-state index contributed by atoms with van der Waals surface area (Å²) in [7, 11) is 0. The van der Waals surface area contributed by atoms with Crippen LogP contribution in [0, 0.1) is 26.7 Å². The molecule has 0 spiro atoms. The minimum absolute atomic E-state index is 0.0506. The Morgan fingerprint density at radius 2 is 1.83 bits per heavy atom. The van der Waals surface area contributed by atoms with Crippen LogP contribution in [0.25, 0.3) is 0 Å². The number of rotatable bonds is 4. The molecular weight excluding hydrogens is 244 g/mol. The molecule has 1 rings (SSSR count). The number of anilines is 1. The van der Waals surface area contributed by atoms with Crippen LogP contribution >= 0.6 is 12.2 Å². The van der Waals surface area contributed by atoms with E-state index in [-0.39, 0.29) is 11.8 Å². The van der Waals surface area contributed by atoms with Crippen molar-refractivity contribution in [1.82, 2.24) is 0 Å². The molecule has 3 nitrogen and oxygen atoms in total. The lowest BCUT2D eigenvalue weighted by Gasteiger charge is -2.14. The summed E-state index contributed by atoms with van der Waals surface area (Å²) in [6.07, 6.45) is 0.322. The van der Waals surface area contributed by atoms with Gasteiger partial charge in [0.1, 0.15) is 0 Å². The van der Waals surface area contributed by atoms with Gasteiger partial charge in [-0.3, -0.25) is 4.79 Å². The van der Waals surface area contributed by atoms with Crippen molar-refractivity contribution >= 4 is 28.8 Å². The van der Waals surface area contributed by atoms with Gasteiger partial charge in [-0.1, -0.05) is 36.8 Å². The molecule has 0 aromatic heterocycles. The van der Waals surface area contributed by atoms with E-state index in [4.69, 9.17) is 18.0 Å². The fraction of sp³-hybridized carbons (Fsp3) is 0.429. The summed E-state index contributed by atoms with van der Waals surface area (Å²) in [4.78, 5) is 12.3. The zero-order valence-electron chi connectivity index (χ0n) is 11.3. The molecule has 0 aliphatic rings. The Morgan fingerprint density at radius 1 is 1.33 bits per heavy atom. The molecule has 1 amide bonds. The maximum atomic E-state index is 11.9. The maximum absolute atomic E-state index is 11.9. The van der Waals surface area contributed by atoms with E-state index < -0.39 is 0 Å². The highest BCUT2D eigenvalue weighted by molar-refractivity contribution is 7.80. The summed E-state index contributed by atoms with van der Waals surface area (Å²) in [6.45, 7) is 7.89. The van der Waals surface area contributed by atoms with Crippen molar-refractivity contribution in [3.8, 4) is 0 Å². The number of carbonyl (C=O) groups is 1. The molecule has 0 heterocycles. The van der Waals surface area contributed by atoms with E-state index in [1.807, 2.05) is 27.7 Å². The number of nitrogens with two attached hydrogens (primary N) is 1. The van der Waals surface area contributed by atoms with Gasteiger partial charge in [0.05, 0.1) is 4.99 Å². The van der Waals surface area contributed by atoms with E-state index in [0.717, 1.165) is 16.8 Å². The molecule has 1 unspecified atom stereocenters. The van der Waals surface area contributed by atoms with Crippen molar-refractivity contribution in [1.29, 1.82) is 0 Å². The van der Waals surface area contributed by atoms with Crippen LogP contribution in [0.15, 0.2) is 12.1 Å². The van der Waals surface area contributed by atoms with Gasteiger partial charge in [-0.05, 0) is 31.9 Å². The second-order valence-electron chi connectivity index (χ2n) is 4.83. The molecule has 1 atom stereocenters. The first-order chi connectivity index (χ1) is 8.31. The first-order valence-corrected chi connectivity index (χ1v) is 6.39. The quantitative estimate of drug-likeness (QED) is 0.822. The minimum atomic E-state index is -0.0777. The van der Waals surface area contributed by atoms with Crippen molar-refractivity contribution in [3.05, 3.63) is 28.8 Å². The zero-order chi connectivity index (χ0) is 13.9.